The first-order valence-electron chi connectivity index (χ1n) is 8.38. The van der Waals surface area contributed by atoms with Gasteiger partial charge < -0.3 is 16.0 Å². The van der Waals surface area contributed by atoms with Crippen LogP contribution in [-0.4, -0.2) is 42.5 Å². The molecule has 0 spiro atoms. The molecule has 0 aromatic rings. The first-order valence-corrected chi connectivity index (χ1v) is 8.38. The molecule has 1 aliphatic carbocycles. The molecule has 4 heteroatoms. The van der Waals surface area contributed by atoms with Gasteiger partial charge in [-0.15, -0.1) is 0 Å². The second kappa shape index (κ2) is 8.63. The lowest BCUT2D eigenvalue weighted by Gasteiger charge is -2.34. The highest BCUT2D eigenvalue weighted by Crippen LogP contribution is 2.38. The second-order valence-corrected chi connectivity index (χ2v) is 6.09. The molecular formula is C16H33N3O. The minimum atomic E-state index is -0.446. The summed E-state index contributed by atoms with van der Waals surface area (Å²) >= 11 is 0. The molecule has 0 saturated heterocycles. The maximum atomic E-state index is 12.0. The number of nitrogens with zero attached hydrogens (tertiary/aromatic N) is 1. The molecule has 4 nitrogen and oxygen atoms in total. The van der Waals surface area contributed by atoms with Gasteiger partial charge in [-0.1, -0.05) is 27.2 Å². The monoisotopic (exact) mass is 283 g/mol. The Kier molecular flexibility index (Phi) is 7.52. The fourth-order valence-electron chi connectivity index (χ4n) is 3.73. The summed E-state index contributed by atoms with van der Waals surface area (Å²) in [7, 11) is 0. The van der Waals surface area contributed by atoms with Gasteiger partial charge in [0.1, 0.15) is 5.54 Å². The number of likely N-dealkylation sites (N-methyl/N-ethyl adjacent to an activating group) is 1. The van der Waals surface area contributed by atoms with Gasteiger partial charge in [0.2, 0.25) is 5.91 Å². The topological polar surface area (TPSA) is 58.4 Å². The van der Waals surface area contributed by atoms with Crippen molar-refractivity contribution in [1.82, 2.24) is 10.2 Å². The Bertz CT molecular complexity index is 289. The van der Waals surface area contributed by atoms with E-state index in [4.69, 9.17) is 5.73 Å². The molecule has 0 radical (unpaired) electrons. The van der Waals surface area contributed by atoms with Crippen molar-refractivity contribution in [3.8, 4) is 0 Å². The molecule has 2 atom stereocenters. The summed E-state index contributed by atoms with van der Waals surface area (Å²) in [6, 6.07) is 0. The smallest absolute Gasteiger partial charge is 0.238 e. The molecule has 0 aromatic carbocycles. The highest BCUT2D eigenvalue weighted by Gasteiger charge is 2.46. The minimum absolute atomic E-state index is 0.153. The van der Waals surface area contributed by atoms with Gasteiger partial charge in [0, 0.05) is 0 Å². The first-order chi connectivity index (χ1) is 9.60. The van der Waals surface area contributed by atoms with Crippen LogP contribution in [0.1, 0.15) is 59.3 Å². The van der Waals surface area contributed by atoms with Crippen LogP contribution in [0.25, 0.3) is 0 Å². The Labute approximate surface area is 124 Å². The molecule has 1 amide bonds. The third-order valence-corrected chi connectivity index (χ3v) is 4.63. The number of carbonyl (C=O) groups excluding carboxylic acids is 1. The van der Waals surface area contributed by atoms with Crippen LogP contribution in [0.5, 0.6) is 0 Å². The Morgan fingerprint density at radius 2 is 1.90 bits per heavy atom. The normalized spacial score (nSPS) is 26.3. The van der Waals surface area contributed by atoms with E-state index >= 15 is 0 Å². The van der Waals surface area contributed by atoms with Crippen molar-refractivity contribution in [1.29, 1.82) is 0 Å². The summed E-state index contributed by atoms with van der Waals surface area (Å²) in [5.74, 6) is 0.246. The van der Waals surface area contributed by atoms with Crippen molar-refractivity contribution >= 4 is 5.91 Å². The van der Waals surface area contributed by atoms with Crippen molar-refractivity contribution in [3.63, 3.8) is 0 Å². The molecule has 1 saturated carbocycles. The molecule has 0 aromatic heterocycles. The SMILES string of the molecule is CCCN(CCC)CCC1CCCC1(NCC)C(N)=O. The predicted octanol–water partition coefficient (Wildman–Crippen LogP) is 2.13. The number of amides is 1. The average Bonchev–Trinajstić information content (AvgIpc) is 2.81. The van der Waals surface area contributed by atoms with Gasteiger partial charge in [-0.05, 0) is 64.2 Å². The summed E-state index contributed by atoms with van der Waals surface area (Å²) in [5.41, 5.74) is 5.27. The van der Waals surface area contributed by atoms with Crippen LogP contribution in [0.15, 0.2) is 0 Å². The van der Waals surface area contributed by atoms with Crippen LogP contribution in [0.3, 0.4) is 0 Å². The van der Waals surface area contributed by atoms with E-state index in [9.17, 15) is 4.79 Å². The van der Waals surface area contributed by atoms with E-state index in [1.165, 1.54) is 12.8 Å². The molecule has 118 valence electrons. The summed E-state index contributed by atoms with van der Waals surface area (Å²) in [4.78, 5) is 14.5. The highest BCUT2D eigenvalue weighted by atomic mass is 16.1. The van der Waals surface area contributed by atoms with E-state index in [1.807, 2.05) is 0 Å². The van der Waals surface area contributed by atoms with Gasteiger partial charge >= 0.3 is 0 Å². The number of hydrogen-bond donors (Lipinski definition) is 2. The maximum Gasteiger partial charge on any atom is 0.238 e. The van der Waals surface area contributed by atoms with Gasteiger partial charge in [0.25, 0.3) is 0 Å². The van der Waals surface area contributed by atoms with E-state index in [0.29, 0.717) is 5.92 Å². The zero-order valence-corrected chi connectivity index (χ0v) is 13.6. The summed E-state index contributed by atoms with van der Waals surface area (Å²) < 4.78 is 0. The van der Waals surface area contributed by atoms with Crippen LogP contribution in [0, 0.1) is 5.92 Å². The number of primary amides is 1. The third-order valence-electron chi connectivity index (χ3n) is 4.63. The van der Waals surface area contributed by atoms with Gasteiger partial charge in [-0.25, -0.2) is 0 Å². The zero-order valence-electron chi connectivity index (χ0n) is 13.6. The van der Waals surface area contributed by atoms with Crippen LogP contribution >= 0.6 is 0 Å². The Hall–Kier alpha value is -0.610. The van der Waals surface area contributed by atoms with E-state index in [-0.39, 0.29) is 5.91 Å². The lowest BCUT2D eigenvalue weighted by atomic mass is 9.83. The summed E-state index contributed by atoms with van der Waals surface area (Å²) in [6.07, 6.45) is 6.61. The Morgan fingerprint density at radius 1 is 1.25 bits per heavy atom. The van der Waals surface area contributed by atoms with E-state index in [1.54, 1.807) is 0 Å². The number of rotatable bonds is 10. The summed E-state index contributed by atoms with van der Waals surface area (Å²) in [5, 5.41) is 3.40. The van der Waals surface area contributed by atoms with E-state index in [2.05, 4.69) is 31.0 Å². The average molecular weight is 283 g/mol. The van der Waals surface area contributed by atoms with Crippen molar-refractivity contribution in [2.24, 2.45) is 11.7 Å². The number of nitrogens with two attached hydrogens (primary N) is 1. The Balaban J connectivity index is 2.61. The molecule has 0 bridgehead atoms. The lowest BCUT2D eigenvalue weighted by molar-refractivity contribution is -0.126. The highest BCUT2D eigenvalue weighted by molar-refractivity contribution is 5.85. The third kappa shape index (κ3) is 4.19. The minimum Gasteiger partial charge on any atom is -0.368 e. The van der Waals surface area contributed by atoms with Gasteiger partial charge in [0.05, 0.1) is 0 Å². The second-order valence-electron chi connectivity index (χ2n) is 6.09. The van der Waals surface area contributed by atoms with Gasteiger partial charge in [-0.2, -0.15) is 0 Å². The standard InChI is InChI=1S/C16H33N3O/c1-4-11-19(12-5-2)13-9-14-8-7-10-16(14,15(17)20)18-6-3/h14,18H,4-13H2,1-3H3,(H2,17,20). The Morgan fingerprint density at radius 3 is 2.40 bits per heavy atom. The van der Waals surface area contributed by atoms with Crippen LogP contribution < -0.4 is 11.1 Å². The van der Waals surface area contributed by atoms with Crippen molar-refractivity contribution < 1.29 is 4.79 Å². The quantitative estimate of drug-likeness (QED) is 0.646. The molecule has 1 fully saturated rings. The molecule has 0 heterocycles. The zero-order chi connectivity index (χ0) is 15.0. The molecule has 0 aliphatic heterocycles. The molecule has 1 aliphatic rings. The maximum absolute atomic E-state index is 12.0. The van der Waals surface area contributed by atoms with Crippen molar-refractivity contribution in [2.45, 2.75) is 64.8 Å². The molecule has 3 N–H and O–H groups in total. The van der Waals surface area contributed by atoms with Crippen molar-refractivity contribution in [3.05, 3.63) is 0 Å². The molecule has 2 unspecified atom stereocenters. The van der Waals surface area contributed by atoms with Gasteiger partial charge in [0.15, 0.2) is 0 Å². The number of carbonyl (C=O) groups is 1. The molecule has 1 rings (SSSR count). The fourth-order valence-corrected chi connectivity index (χ4v) is 3.73. The van der Waals surface area contributed by atoms with E-state index in [0.717, 1.165) is 51.9 Å². The number of hydrogen-bond acceptors (Lipinski definition) is 3. The fraction of sp³-hybridized carbons (Fsp3) is 0.938. The van der Waals surface area contributed by atoms with Crippen molar-refractivity contribution in [2.75, 3.05) is 26.2 Å². The number of nitrogens with one attached hydrogen (secondary N) is 1. The van der Waals surface area contributed by atoms with Crippen LogP contribution in [0.4, 0.5) is 0 Å². The molecule has 20 heavy (non-hydrogen) atoms. The first kappa shape index (κ1) is 17.4. The van der Waals surface area contributed by atoms with Crippen LogP contribution in [-0.2, 0) is 4.79 Å². The molecular weight excluding hydrogens is 250 g/mol. The lowest BCUT2D eigenvalue weighted by Crippen LogP contribution is -2.58. The van der Waals surface area contributed by atoms with E-state index < -0.39 is 5.54 Å². The van der Waals surface area contributed by atoms with Crippen LogP contribution in [0.2, 0.25) is 0 Å². The predicted molar refractivity (Wildman–Crippen MR) is 84.6 cm³/mol. The van der Waals surface area contributed by atoms with Gasteiger partial charge in [-0.3, -0.25) is 4.79 Å². The largest absolute Gasteiger partial charge is 0.368 e. The summed E-state index contributed by atoms with van der Waals surface area (Å²) in [6.45, 7) is 10.7.